The Labute approximate surface area is 117 Å². The third kappa shape index (κ3) is 2.39. The maximum absolute atomic E-state index is 11.7. The lowest BCUT2D eigenvalue weighted by Crippen LogP contribution is -2.17. The van der Waals surface area contributed by atoms with Crippen LogP contribution in [0.3, 0.4) is 0 Å². The molecule has 20 heavy (non-hydrogen) atoms. The van der Waals surface area contributed by atoms with Gasteiger partial charge in [-0.2, -0.15) is 4.98 Å². The summed E-state index contributed by atoms with van der Waals surface area (Å²) in [7, 11) is 1.64. The zero-order valence-electron chi connectivity index (χ0n) is 11.4. The molecule has 5 nitrogen and oxygen atoms in total. The molecule has 0 atom stereocenters. The van der Waals surface area contributed by atoms with Crippen LogP contribution in [0.25, 0.3) is 11.3 Å². The molecule has 3 rings (SSSR count). The van der Waals surface area contributed by atoms with E-state index in [4.69, 9.17) is 4.74 Å². The van der Waals surface area contributed by atoms with Gasteiger partial charge in [-0.3, -0.25) is 0 Å². The van der Waals surface area contributed by atoms with Gasteiger partial charge >= 0.3 is 5.69 Å². The van der Waals surface area contributed by atoms with Crippen LogP contribution in [0.2, 0.25) is 0 Å². The van der Waals surface area contributed by atoms with Gasteiger partial charge in [0.1, 0.15) is 11.6 Å². The van der Waals surface area contributed by atoms with Crippen LogP contribution in [0.1, 0.15) is 18.4 Å². The normalized spacial score (nSPS) is 14.1. The quantitative estimate of drug-likeness (QED) is 0.878. The highest BCUT2D eigenvalue weighted by Crippen LogP contribution is 2.29. The van der Waals surface area contributed by atoms with Crippen LogP contribution in [0.5, 0.6) is 5.75 Å². The summed E-state index contributed by atoms with van der Waals surface area (Å²) in [5, 5.41) is 3.24. The number of nitrogens with one attached hydrogen (secondary N) is 2. The number of H-pyrrole nitrogens is 1. The highest BCUT2D eigenvalue weighted by atomic mass is 16.5. The summed E-state index contributed by atoms with van der Waals surface area (Å²) < 4.78 is 5.16. The fourth-order valence-electron chi connectivity index (χ4n) is 2.53. The van der Waals surface area contributed by atoms with Crippen molar-refractivity contribution in [3.05, 3.63) is 40.3 Å². The maximum Gasteiger partial charge on any atom is 0.347 e. The Balaban J connectivity index is 2.11. The van der Waals surface area contributed by atoms with Gasteiger partial charge in [-0.25, -0.2) is 4.79 Å². The third-order valence-corrected chi connectivity index (χ3v) is 3.56. The zero-order chi connectivity index (χ0) is 13.9. The highest BCUT2D eigenvalue weighted by molar-refractivity contribution is 5.69. The lowest BCUT2D eigenvalue weighted by molar-refractivity contribution is 0.415. The van der Waals surface area contributed by atoms with Crippen molar-refractivity contribution in [3.8, 4) is 17.0 Å². The summed E-state index contributed by atoms with van der Waals surface area (Å²) in [5.74, 6) is 1.52. The van der Waals surface area contributed by atoms with Crippen LogP contribution >= 0.6 is 0 Å². The molecule has 104 valence electrons. The van der Waals surface area contributed by atoms with Gasteiger partial charge < -0.3 is 15.0 Å². The van der Waals surface area contributed by atoms with Crippen molar-refractivity contribution in [3.63, 3.8) is 0 Å². The molecule has 2 N–H and O–H groups in total. The largest absolute Gasteiger partial charge is 0.497 e. The van der Waals surface area contributed by atoms with Crippen LogP contribution in [0.4, 0.5) is 5.82 Å². The third-order valence-electron chi connectivity index (χ3n) is 3.56. The first kappa shape index (κ1) is 12.7. The number of hydrogen-bond donors (Lipinski definition) is 2. The summed E-state index contributed by atoms with van der Waals surface area (Å²) in [4.78, 5) is 18.7. The van der Waals surface area contributed by atoms with Crippen molar-refractivity contribution >= 4 is 5.82 Å². The average Bonchev–Trinajstić information content (AvgIpc) is 2.71. The van der Waals surface area contributed by atoms with Gasteiger partial charge in [0.25, 0.3) is 0 Å². The number of hydrogen-bond acceptors (Lipinski definition) is 4. The van der Waals surface area contributed by atoms with Crippen LogP contribution in [-0.4, -0.2) is 23.6 Å². The minimum absolute atomic E-state index is 0.316. The molecule has 1 aromatic heterocycles. The molecule has 0 amide bonds. The molecule has 5 heteroatoms. The second-order valence-corrected chi connectivity index (χ2v) is 4.86. The SMILES string of the molecule is COc1ccc(-c2[nH]c(=O)nc3c2CCCCN3)cc1. The average molecular weight is 271 g/mol. The van der Waals surface area contributed by atoms with E-state index in [9.17, 15) is 4.79 Å². The minimum Gasteiger partial charge on any atom is -0.497 e. The minimum atomic E-state index is -0.316. The van der Waals surface area contributed by atoms with Crippen molar-refractivity contribution in [2.45, 2.75) is 19.3 Å². The summed E-state index contributed by atoms with van der Waals surface area (Å²) in [6.07, 6.45) is 3.11. The molecule has 1 aromatic carbocycles. The molecular weight excluding hydrogens is 254 g/mol. The zero-order valence-corrected chi connectivity index (χ0v) is 11.4. The van der Waals surface area contributed by atoms with Crippen molar-refractivity contribution in [2.75, 3.05) is 19.0 Å². The van der Waals surface area contributed by atoms with Crippen LogP contribution in [-0.2, 0) is 6.42 Å². The fourth-order valence-corrected chi connectivity index (χ4v) is 2.53. The smallest absolute Gasteiger partial charge is 0.347 e. The second-order valence-electron chi connectivity index (χ2n) is 4.86. The molecule has 0 saturated carbocycles. The molecule has 0 unspecified atom stereocenters. The lowest BCUT2D eigenvalue weighted by Gasteiger charge is -2.12. The number of nitrogens with zero attached hydrogens (tertiary/aromatic N) is 1. The van der Waals surface area contributed by atoms with E-state index < -0.39 is 0 Å². The van der Waals surface area contributed by atoms with Crippen molar-refractivity contribution < 1.29 is 4.74 Å². The van der Waals surface area contributed by atoms with E-state index in [1.54, 1.807) is 7.11 Å². The van der Waals surface area contributed by atoms with E-state index in [1.165, 1.54) is 0 Å². The van der Waals surface area contributed by atoms with Gasteiger partial charge in [0.2, 0.25) is 0 Å². The van der Waals surface area contributed by atoms with Crippen molar-refractivity contribution in [1.29, 1.82) is 0 Å². The maximum atomic E-state index is 11.7. The first-order valence-corrected chi connectivity index (χ1v) is 6.79. The van der Waals surface area contributed by atoms with Crippen LogP contribution < -0.4 is 15.7 Å². The predicted octanol–water partition coefficient (Wildman–Crippen LogP) is 2.19. The summed E-state index contributed by atoms with van der Waals surface area (Å²) >= 11 is 0. The summed E-state index contributed by atoms with van der Waals surface area (Å²) in [5.41, 5.74) is 2.61. The molecular formula is C15H17N3O2. The van der Waals surface area contributed by atoms with Gasteiger partial charge in [-0.05, 0) is 49.1 Å². The molecule has 1 aliphatic heterocycles. The van der Waals surface area contributed by atoms with E-state index in [0.717, 1.165) is 54.2 Å². The number of methoxy groups -OCH3 is 1. The molecule has 2 heterocycles. The summed E-state index contributed by atoms with van der Waals surface area (Å²) in [6, 6.07) is 7.69. The van der Waals surface area contributed by atoms with Gasteiger partial charge in [0, 0.05) is 12.1 Å². The molecule has 0 bridgehead atoms. The molecule has 0 radical (unpaired) electrons. The standard InChI is InChI=1S/C15H17N3O2/c1-20-11-7-5-10(6-8-11)13-12-4-2-3-9-16-14(12)18-15(19)17-13/h5-8H,2-4,9H2,1H3,(H2,16,17,18,19). The molecule has 0 spiro atoms. The number of rotatable bonds is 2. The Hall–Kier alpha value is -2.30. The van der Waals surface area contributed by atoms with E-state index in [2.05, 4.69) is 15.3 Å². The van der Waals surface area contributed by atoms with E-state index in [1.807, 2.05) is 24.3 Å². The summed E-state index contributed by atoms with van der Waals surface area (Å²) in [6.45, 7) is 0.867. The Kier molecular flexibility index (Phi) is 3.41. The van der Waals surface area contributed by atoms with E-state index in [-0.39, 0.29) is 5.69 Å². The molecule has 1 aliphatic rings. The fraction of sp³-hybridized carbons (Fsp3) is 0.333. The Bertz CT molecular complexity index is 662. The topological polar surface area (TPSA) is 67.0 Å². The van der Waals surface area contributed by atoms with Crippen molar-refractivity contribution in [1.82, 2.24) is 9.97 Å². The number of aromatic nitrogens is 2. The van der Waals surface area contributed by atoms with Gasteiger partial charge in [-0.15, -0.1) is 0 Å². The van der Waals surface area contributed by atoms with E-state index in [0.29, 0.717) is 0 Å². The van der Waals surface area contributed by atoms with Gasteiger partial charge in [-0.1, -0.05) is 0 Å². The first-order valence-electron chi connectivity index (χ1n) is 6.79. The Morgan fingerprint density at radius 1 is 1.20 bits per heavy atom. The molecule has 0 aliphatic carbocycles. The number of benzene rings is 1. The van der Waals surface area contributed by atoms with Gasteiger partial charge in [0.15, 0.2) is 0 Å². The van der Waals surface area contributed by atoms with Crippen LogP contribution in [0, 0.1) is 0 Å². The first-order chi connectivity index (χ1) is 9.78. The molecule has 2 aromatic rings. The lowest BCUT2D eigenvalue weighted by atomic mass is 10.0. The highest BCUT2D eigenvalue weighted by Gasteiger charge is 2.16. The van der Waals surface area contributed by atoms with Gasteiger partial charge in [0.05, 0.1) is 12.8 Å². The molecule has 0 fully saturated rings. The number of anilines is 1. The Morgan fingerprint density at radius 2 is 2.00 bits per heavy atom. The second kappa shape index (κ2) is 5.36. The monoisotopic (exact) mass is 271 g/mol. The van der Waals surface area contributed by atoms with E-state index >= 15 is 0 Å². The molecule has 0 saturated heterocycles. The number of ether oxygens (including phenoxy) is 1. The van der Waals surface area contributed by atoms with Crippen LogP contribution in [0.15, 0.2) is 29.1 Å². The number of fused-ring (bicyclic) bond motifs is 1. The predicted molar refractivity (Wildman–Crippen MR) is 78.3 cm³/mol. The Morgan fingerprint density at radius 3 is 2.75 bits per heavy atom. The number of aromatic amines is 1. The van der Waals surface area contributed by atoms with Crippen molar-refractivity contribution in [2.24, 2.45) is 0 Å².